The van der Waals surface area contributed by atoms with Crippen molar-refractivity contribution in [2.75, 3.05) is 0 Å². The lowest BCUT2D eigenvalue weighted by Crippen LogP contribution is -2.30. The maximum Gasteiger partial charge on any atom is 0.128 e. The monoisotopic (exact) mass is 142 g/mol. The van der Waals surface area contributed by atoms with Crippen molar-refractivity contribution in [3.05, 3.63) is 0 Å². The number of aliphatic hydroxyl groups excluding tert-OH is 1. The van der Waals surface area contributed by atoms with E-state index in [9.17, 15) is 5.11 Å². The second kappa shape index (κ2) is 3.48. The number of hydrogen-bond donors (Lipinski definition) is 2. The summed E-state index contributed by atoms with van der Waals surface area (Å²) in [4.78, 5) is 0. The van der Waals surface area contributed by atoms with Crippen LogP contribution in [0.5, 0.6) is 0 Å². The summed E-state index contributed by atoms with van der Waals surface area (Å²) in [6.45, 7) is 5.47. The minimum atomic E-state index is -1.05. The third kappa shape index (κ3) is 2.28. The lowest BCUT2D eigenvalue weighted by Gasteiger charge is -2.22. The predicted octanol–water partition coefficient (Wildman–Crippen LogP) is 1.12. The third-order valence-electron chi connectivity index (χ3n) is 1.88. The van der Waals surface area contributed by atoms with Crippen molar-refractivity contribution in [3.63, 3.8) is 0 Å². The number of rotatable bonds is 2. The minimum absolute atomic E-state index is 0.0900. The summed E-state index contributed by atoms with van der Waals surface area (Å²) < 4.78 is 0. The molecule has 0 amide bonds. The molecule has 0 saturated carbocycles. The summed E-state index contributed by atoms with van der Waals surface area (Å²) in [7, 11) is 0. The average Bonchev–Trinajstić information content (AvgIpc) is 1.86. The Morgan fingerprint density at radius 3 is 2.40 bits per heavy atom. The smallest absolute Gasteiger partial charge is 0.128 e. The van der Waals surface area contributed by atoms with Crippen LogP contribution >= 0.6 is 0 Å². The molecule has 2 N–H and O–H groups in total. The van der Waals surface area contributed by atoms with E-state index >= 15 is 0 Å². The highest BCUT2D eigenvalue weighted by Crippen LogP contribution is 2.18. The van der Waals surface area contributed by atoms with Crippen LogP contribution < -0.4 is 0 Å². The highest BCUT2D eigenvalue weighted by Gasteiger charge is 2.24. The van der Waals surface area contributed by atoms with Crippen molar-refractivity contribution in [3.8, 4) is 12.0 Å². The normalized spacial score (nSPS) is 18.4. The Bertz CT molecular complexity index is 150. The van der Waals surface area contributed by atoms with Crippen LogP contribution in [0.4, 0.5) is 0 Å². The van der Waals surface area contributed by atoms with Gasteiger partial charge >= 0.3 is 0 Å². The van der Waals surface area contributed by atoms with Gasteiger partial charge in [-0.05, 0) is 25.2 Å². The molecule has 58 valence electrons. The summed E-state index contributed by atoms with van der Waals surface area (Å²) in [5.74, 6) is 2.42. The largest absolute Gasteiger partial charge is 0.462 e. The molecule has 0 aromatic heterocycles. The Kier molecular flexibility index (Phi) is 3.24. The van der Waals surface area contributed by atoms with Crippen molar-refractivity contribution in [1.82, 2.24) is 0 Å². The first-order valence-corrected chi connectivity index (χ1v) is 3.43. The second-order valence-electron chi connectivity index (χ2n) is 2.69. The summed E-state index contributed by atoms with van der Waals surface area (Å²) >= 11 is 0. The van der Waals surface area contributed by atoms with Gasteiger partial charge in [-0.1, -0.05) is 13.8 Å². The highest BCUT2D eigenvalue weighted by molar-refractivity contribution is 5.09. The van der Waals surface area contributed by atoms with Gasteiger partial charge in [0.15, 0.2) is 0 Å². The van der Waals surface area contributed by atoms with E-state index in [0.29, 0.717) is 0 Å². The number of hydrogen-bond acceptors (Lipinski definition) is 2. The zero-order chi connectivity index (χ0) is 8.20. The first-order chi connectivity index (χ1) is 4.54. The maximum atomic E-state index is 9.45. The first-order valence-electron chi connectivity index (χ1n) is 3.43. The van der Waals surface area contributed by atoms with Gasteiger partial charge < -0.3 is 10.2 Å². The van der Waals surface area contributed by atoms with Crippen LogP contribution in [0.15, 0.2) is 0 Å². The SMILES string of the molecule is CCC(C)C(C)(O)C#CO. The molecule has 0 aromatic rings. The van der Waals surface area contributed by atoms with E-state index in [-0.39, 0.29) is 5.92 Å². The molecule has 0 radical (unpaired) electrons. The molecule has 0 spiro atoms. The average molecular weight is 142 g/mol. The molecular weight excluding hydrogens is 128 g/mol. The van der Waals surface area contributed by atoms with Crippen molar-refractivity contribution in [2.24, 2.45) is 5.92 Å². The van der Waals surface area contributed by atoms with Gasteiger partial charge in [-0.3, -0.25) is 0 Å². The maximum absolute atomic E-state index is 9.45. The molecule has 2 nitrogen and oxygen atoms in total. The molecule has 2 atom stereocenters. The molecule has 0 aliphatic rings. The number of aliphatic hydroxyl groups is 2. The van der Waals surface area contributed by atoms with E-state index < -0.39 is 5.60 Å². The molecule has 0 heterocycles. The van der Waals surface area contributed by atoms with E-state index in [4.69, 9.17) is 5.11 Å². The van der Waals surface area contributed by atoms with Crippen molar-refractivity contribution < 1.29 is 10.2 Å². The van der Waals surface area contributed by atoms with Crippen LogP contribution in [0.1, 0.15) is 27.2 Å². The summed E-state index contributed by atoms with van der Waals surface area (Å²) in [5.41, 5.74) is -1.05. The lowest BCUT2D eigenvalue weighted by molar-refractivity contribution is 0.0618. The summed E-state index contributed by atoms with van der Waals surface area (Å²) in [6, 6.07) is 0. The van der Waals surface area contributed by atoms with Crippen LogP contribution in [0, 0.1) is 17.9 Å². The van der Waals surface area contributed by atoms with E-state index in [1.807, 2.05) is 13.8 Å². The quantitative estimate of drug-likeness (QED) is 0.567. The van der Waals surface area contributed by atoms with Crippen LogP contribution in [-0.2, 0) is 0 Å². The third-order valence-corrected chi connectivity index (χ3v) is 1.88. The van der Waals surface area contributed by atoms with E-state index in [2.05, 4.69) is 5.92 Å². The zero-order valence-electron chi connectivity index (χ0n) is 6.68. The molecule has 2 heteroatoms. The molecule has 0 aliphatic carbocycles. The molecule has 2 unspecified atom stereocenters. The van der Waals surface area contributed by atoms with Crippen LogP contribution in [-0.4, -0.2) is 15.8 Å². The van der Waals surface area contributed by atoms with E-state index in [1.54, 1.807) is 13.0 Å². The van der Waals surface area contributed by atoms with Crippen LogP contribution in [0.3, 0.4) is 0 Å². The Balaban J connectivity index is 4.18. The van der Waals surface area contributed by atoms with Gasteiger partial charge in [0.25, 0.3) is 0 Å². The molecule has 0 saturated heterocycles. The van der Waals surface area contributed by atoms with Gasteiger partial charge in [-0.25, -0.2) is 0 Å². The fourth-order valence-corrected chi connectivity index (χ4v) is 0.634. The molecule has 10 heavy (non-hydrogen) atoms. The van der Waals surface area contributed by atoms with Gasteiger partial charge in [0.1, 0.15) is 11.7 Å². The molecule has 0 aromatic carbocycles. The van der Waals surface area contributed by atoms with Crippen LogP contribution in [0.25, 0.3) is 0 Å². The first kappa shape index (κ1) is 9.32. The molecular formula is C8H14O2. The predicted molar refractivity (Wildman–Crippen MR) is 39.8 cm³/mol. The Labute approximate surface area is 61.9 Å². The summed E-state index contributed by atoms with van der Waals surface area (Å²) in [6.07, 6.45) is 2.57. The van der Waals surface area contributed by atoms with Gasteiger partial charge in [-0.2, -0.15) is 0 Å². The second-order valence-corrected chi connectivity index (χ2v) is 2.69. The van der Waals surface area contributed by atoms with Crippen molar-refractivity contribution >= 4 is 0 Å². The molecule has 0 aliphatic heterocycles. The Morgan fingerprint density at radius 1 is 1.60 bits per heavy atom. The molecule has 0 bridgehead atoms. The standard InChI is InChI=1S/C8H14O2/c1-4-7(2)8(3,10)5-6-9/h7,9-10H,4H2,1-3H3. The Hall–Kier alpha value is -0.680. The van der Waals surface area contributed by atoms with Gasteiger partial charge in [0.05, 0.1) is 0 Å². The van der Waals surface area contributed by atoms with E-state index in [0.717, 1.165) is 6.42 Å². The minimum Gasteiger partial charge on any atom is -0.462 e. The topological polar surface area (TPSA) is 40.5 Å². The van der Waals surface area contributed by atoms with E-state index in [1.165, 1.54) is 0 Å². The van der Waals surface area contributed by atoms with Gasteiger partial charge in [0, 0.05) is 0 Å². The van der Waals surface area contributed by atoms with Crippen LogP contribution in [0.2, 0.25) is 0 Å². The zero-order valence-corrected chi connectivity index (χ0v) is 6.68. The van der Waals surface area contributed by atoms with Gasteiger partial charge in [-0.15, -0.1) is 0 Å². The molecule has 0 rings (SSSR count). The lowest BCUT2D eigenvalue weighted by atomic mass is 9.90. The fraction of sp³-hybridized carbons (Fsp3) is 0.750. The fourth-order valence-electron chi connectivity index (χ4n) is 0.634. The van der Waals surface area contributed by atoms with Crippen molar-refractivity contribution in [2.45, 2.75) is 32.8 Å². The van der Waals surface area contributed by atoms with Crippen molar-refractivity contribution in [1.29, 1.82) is 0 Å². The summed E-state index contributed by atoms with van der Waals surface area (Å²) in [5, 5.41) is 17.7. The molecule has 0 fully saturated rings. The Morgan fingerprint density at radius 2 is 2.10 bits per heavy atom. The highest BCUT2D eigenvalue weighted by atomic mass is 16.3. The van der Waals surface area contributed by atoms with Gasteiger partial charge in [0.2, 0.25) is 0 Å².